The van der Waals surface area contributed by atoms with Gasteiger partial charge in [0.15, 0.2) is 0 Å². The summed E-state index contributed by atoms with van der Waals surface area (Å²) in [6, 6.07) is 8.32. The minimum Gasteiger partial charge on any atom is -0.366 e. The van der Waals surface area contributed by atoms with Crippen LogP contribution in [0.2, 0.25) is 0 Å². The summed E-state index contributed by atoms with van der Waals surface area (Å²) >= 11 is 3.56. The van der Waals surface area contributed by atoms with E-state index >= 15 is 0 Å². The number of benzene rings is 1. The van der Waals surface area contributed by atoms with E-state index < -0.39 is 0 Å². The van der Waals surface area contributed by atoms with Crippen LogP contribution in [0, 0.1) is 17.2 Å². The summed E-state index contributed by atoms with van der Waals surface area (Å²) in [5, 5.41) is 8.89. The molecule has 4 heteroatoms. The number of nitriles is 1. The van der Waals surface area contributed by atoms with Gasteiger partial charge in [0.25, 0.3) is 0 Å². The number of anilines is 1. The molecule has 0 aromatic heterocycles. The van der Waals surface area contributed by atoms with E-state index in [2.05, 4.69) is 33.8 Å². The molecule has 1 heterocycles. The van der Waals surface area contributed by atoms with Crippen molar-refractivity contribution < 1.29 is 0 Å². The number of hydrogen-bond donors (Lipinski definition) is 1. The normalized spacial score (nSPS) is 23.8. The van der Waals surface area contributed by atoms with Crippen molar-refractivity contribution in [1.29, 1.82) is 5.26 Å². The van der Waals surface area contributed by atoms with Gasteiger partial charge in [-0.2, -0.15) is 5.26 Å². The second kappa shape index (κ2) is 5.73. The van der Waals surface area contributed by atoms with Crippen LogP contribution in [0.25, 0.3) is 0 Å². The largest absolute Gasteiger partial charge is 0.366 e. The molecule has 1 aromatic rings. The summed E-state index contributed by atoms with van der Waals surface area (Å²) < 4.78 is 0.981. The van der Waals surface area contributed by atoms with Gasteiger partial charge in [0.1, 0.15) is 0 Å². The molecule has 1 fully saturated rings. The fourth-order valence-electron chi connectivity index (χ4n) is 2.60. The number of rotatable bonds is 2. The maximum Gasteiger partial charge on any atom is 0.0992 e. The molecule has 96 valence electrons. The molecule has 1 aliphatic rings. The minimum atomic E-state index is 0.401. The zero-order valence-electron chi connectivity index (χ0n) is 10.6. The summed E-state index contributed by atoms with van der Waals surface area (Å²) in [5.41, 5.74) is 7.72. The molecule has 0 aliphatic carbocycles. The van der Waals surface area contributed by atoms with E-state index in [0.717, 1.165) is 29.0 Å². The third-order valence-corrected chi connectivity index (χ3v) is 4.27. The smallest absolute Gasteiger partial charge is 0.0992 e. The summed E-state index contributed by atoms with van der Waals surface area (Å²) in [5.74, 6) is 0.743. The van der Waals surface area contributed by atoms with Crippen LogP contribution >= 0.6 is 15.9 Å². The third-order valence-electron chi connectivity index (χ3n) is 3.64. The Labute approximate surface area is 117 Å². The Morgan fingerprint density at radius 2 is 2.33 bits per heavy atom. The molecule has 1 aliphatic heterocycles. The van der Waals surface area contributed by atoms with Crippen LogP contribution in [0.4, 0.5) is 5.69 Å². The molecule has 1 saturated heterocycles. The third kappa shape index (κ3) is 2.68. The average Bonchev–Trinajstić information content (AvgIpc) is 2.39. The molecule has 3 nitrogen and oxygen atoms in total. The number of nitrogens with two attached hydrogens (primary N) is 1. The molecule has 0 radical (unpaired) electrons. The molecule has 2 atom stereocenters. The Bertz CT molecular complexity index is 467. The van der Waals surface area contributed by atoms with Crippen molar-refractivity contribution in [2.24, 2.45) is 11.7 Å². The van der Waals surface area contributed by atoms with E-state index in [1.54, 1.807) is 0 Å². The zero-order valence-corrected chi connectivity index (χ0v) is 12.2. The molecule has 2 N–H and O–H groups in total. The van der Waals surface area contributed by atoms with Crippen molar-refractivity contribution in [1.82, 2.24) is 0 Å². The summed E-state index contributed by atoms with van der Waals surface area (Å²) in [6.45, 7) is 4.00. The second-order valence-corrected chi connectivity index (χ2v) is 5.84. The van der Waals surface area contributed by atoms with Crippen molar-refractivity contribution in [2.45, 2.75) is 25.8 Å². The Kier molecular flexibility index (Phi) is 4.26. The van der Waals surface area contributed by atoms with Gasteiger partial charge >= 0.3 is 0 Å². The summed E-state index contributed by atoms with van der Waals surface area (Å²) in [7, 11) is 0. The van der Waals surface area contributed by atoms with Gasteiger partial charge in [0.05, 0.1) is 17.3 Å². The minimum absolute atomic E-state index is 0.401. The molecular weight excluding hydrogens is 290 g/mol. The SMILES string of the molecule is CC1CCN(c2ccc(C#N)cc2Br)C(CN)C1. The standard InChI is InChI=1S/C14H18BrN3/c1-10-4-5-18(12(6-10)9-17)14-3-2-11(8-16)7-13(14)15/h2-3,7,10,12H,4-6,9,17H2,1H3. The van der Waals surface area contributed by atoms with Gasteiger partial charge < -0.3 is 10.6 Å². The van der Waals surface area contributed by atoms with E-state index in [9.17, 15) is 0 Å². The molecule has 1 aromatic carbocycles. The Morgan fingerprint density at radius 1 is 1.56 bits per heavy atom. The maximum absolute atomic E-state index is 8.89. The van der Waals surface area contributed by atoms with Crippen LogP contribution < -0.4 is 10.6 Å². The highest BCUT2D eigenvalue weighted by Crippen LogP contribution is 2.33. The molecule has 2 unspecified atom stereocenters. The van der Waals surface area contributed by atoms with Crippen LogP contribution in [0.5, 0.6) is 0 Å². The molecule has 18 heavy (non-hydrogen) atoms. The second-order valence-electron chi connectivity index (χ2n) is 4.99. The Balaban J connectivity index is 2.27. The first-order valence-electron chi connectivity index (χ1n) is 6.32. The van der Waals surface area contributed by atoms with Crippen LogP contribution in [0.15, 0.2) is 22.7 Å². The molecule has 2 rings (SSSR count). The summed E-state index contributed by atoms with van der Waals surface area (Å²) in [6.07, 6.45) is 2.34. The maximum atomic E-state index is 8.89. The van der Waals surface area contributed by atoms with Crippen molar-refractivity contribution in [3.05, 3.63) is 28.2 Å². The lowest BCUT2D eigenvalue weighted by Crippen LogP contribution is -2.46. The first-order chi connectivity index (χ1) is 8.65. The highest BCUT2D eigenvalue weighted by atomic mass is 79.9. The fraction of sp³-hybridized carbons (Fsp3) is 0.500. The highest BCUT2D eigenvalue weighted by Gasteiger charge is 2.26. The van der Waals surface area contributed by atoms with Gasteiger partial charge in [-0.15, -0.1) is 0 Å². The van der Waals surface area contributed by atoms with E-state index in [-0.39, 0.29) is 0 Å². The predicted molar refractivity (Wildman–Crippen MR) is 77.4 cm³/mol. The quantitative estimate of drug-likeness (QED) is 0.914. The first-order valence-corrected chi connectivity index (χ1v) is 7.11. The first kappa shape index (κ1) is 13.4. The number of hydrogen-bond acceptors (Lipinski definition) is 3. The van der Waals surface area contributed by atoms with Crippen molar-refractivity contribution in [3.63, 3.8) is 0 Å². The molecular formula is C14H18BrN3. The lowest BCUT2D eigenvalue weighted by molar-refractivity contribution is 0.366. The van der Waals surface area contributed by atoms with Gasteiger partial charge in [-0.05, 0) is 52.9 Å². The summed E-state index contributed by atoms with van der Waals surface area (Å²) in [4.78, 5) is 2.37. The van der Waals surface area contributed by atoms with Gasteiger partial charge in [0.2, 0.25) is 0 Å². The predicted octanol–water partition coefficient (Wildman–Crippen LogP) is 2.88. The number of piperidine rings is 1. The van der Waals surface area contributed by atoms with E-state index in [1.807, 2.05) is 18.2 Å². The lowest BCUT2D eigenvalue weighted by Gasteiger charge is -2.40. The van der Waals surface area contributed by atoms with Crippen LogP contribution in [0.3, 0.4) is 0 Å². The highest BCUT2D eigenvalue weighted by molar-refractivity contribution is 9.10. The molecule has 0 saturated carbocycles. The van der Waals surface area contributed by atoms with E-state index in [1.165, 1.54) is 6.42 Å². The fourth-order valence-corrected chi connectivity index (χ4v) is 3.21. The van der Waals surface area contributed by atoms with E-state index in [4.69, 9.17) is 11.0 Å². The number of nitrogens with zero attached hydrogens (tertiary/aromatic N) is 2. The molecule has 0 amide bonds. The topological polar surface area (TPSA) is 53.0 Å². The van der Waals surface area contributed by atoms with Crippen LogP contribution in [-0.4, -0.2) is 19.1 Å². The van der Waals surface area contributed by atoms with Crippen LogP contribution in [0.1, 0.15) is 25.3 Å². The Morgan fingerprint density at radius 3 is 2.94 bits per heavy atom. The van der Waals surface area contributed by atoms with Crippen molar-refractivity contribution >= 4 is 21.6 Å². The molecule has 0 bridgehead atoms. The number of halogens is 1. The van der Waals surface area contributed by atoms with Crippen molar-refractivity contribution in [3.8, 4) is 6.07 Å². The van der Waals surface area contributed by atoms with Gasteiger partial charge in [-0.1, -0.05) is 6.92 Å². The monoisotopic (exact) mass is 307 g/mol. The molecule has 0 spiro atoms. The van der Waals surface area contributed by atoms with Gasteiger partial charge in [0, 0.05) is 23.6 Å². The van der Waals surface area contributed by atoms with Gasteiger partial charge in [-0.25, -0.2) is 0 Å². The Hall–Kier alpha value is -1.05. The van der Waals surface area contributed by atoms with Gasteiger partial charge in [-0.3, -0.25) is 0 Å². The van der Waals surface area contributed by atoms with E-state index in [0.29, 0.717) is 18.2 Å². The van der Waals surface area contributed by atoms with Crippen LogP contribution in [-0.2, 0) is 0 Å². The zero-order chi connectivity index (χ0) is 13.1. The van der Waals surface area contributed by atoms with Crippen molar-refractivity contribution in [2.75, 3.05) is 18.0 Å². The average molecular weight is 308 g/mol. The lowest BCUT2D eigenvalue weighted by atomic mass is 9.92.